The van der Waals surface area contributed by atoms with Crippen LogP contribution in [0.3, 0.4) is 0 Å². The van der Waals surface area contributed by atoms with Crippen molar-refractivity contribution in [1.29, 1.82) is 0 Å². The second kappa shape index (κ2) is 10.2. The Labute approximate surface area is 250 Å². The van der Waals surface area contributed by atoms with Crippen molar-refractivity contribution in [1.82, 2.24) is 4.90 Å². The molecule has 0 aliphatic carbocycles. The first-order valence-electron chi connectivity index (χ1n) is 14.7. The third kappa shape index (κ3) is 4.08. The van der Waals surface area contributed by atoms with E-state index >= 15 is 0 Å². The lowest BCUT2D eigenvalue weighted by molar-refractivity contribution is -0.122. The van der Waals surface area contributed by atoms with E-state index in [2.05, 4.69) is 19.2 Å². The van der Waals surface area contributed by atoms with Crippen LogP contribution in [0.15, 0.2) is 103 Å². The average Bonchev–Trinajstić information content (AvgIpc) is 3.49. The number of Topliss-reactive ketones (excluding diaryl/α,β-unsaturated/α-hetero) is 2. The smallest absolute Gasteiger partial charge is 0.238 e. The minimum Gasteiger partial charge on any atom is -0.358 e. The average molecular weight is 571 g/mol. The van der Waals surface area contributed by atoms with Gasteiger partial charge in [0.2, 0.25) is 5.91 Å². The normalized spacial score (nSPS) is 23.2. The summed E-state index contributed by atoms with van der Waals surface area (Å²) in [6.45, 7) is 4.29. The Balaban J connectivity index is 1.48. The van der Waals surface area contributed by atoms with Gasteiger partial charge in [0, 0.05) is 23.0 Å². The molecular weight excluding hydrogens is 539 g/mol. The predicted molar refractivity (Wildman–Crippen MR) is 164 cm³/mol. The summed E-state index contributed by atoms with van der Waals surface area (Å²) in [7, 11) is 0. The van der Waals surface area contributed by atoms with Gasteiger partial charge in [-0.05, 0) is 71.0 Å². The number of carbonyl (C=O) groups excluding carboxylic acids is 3. The lowest BCUT2D eigenvalue weighted by Gasteiger charge is -2.38. The summed E-state index contributed by atoms with van der Waals surface area (Å²) in [5, 5.41) is 3.06. The van der Waals surface area contributed by atoms with Crippen molar-refractivity contribution >= 4 is 29.2 Å². The second-order valence-electron chi connectivity index (χ2n) is 12.1. The lowest BCUT2D eigenvalue weighted by Crippen LogP contribution is -2.49. The van der Waals surface area contributed by atoms with E-state index in [9.17, 15) is 18.8 Å². The quantitative estimate of drug-likeness (QED) is 0.254. The molecule has 214 valence electrons. The third-order valence-corrected chi connectivity index (χ3v) is 9.13. The molecule has 0 unspecified atom stereocenters. The summed E-state index contributed by atoms with van der Waals surface area (Å²) in [5.41, 5.74) is 3.59. The summed E-state index contributed by atoms with van der Waals surface area (Å²) in [5.74, 6) is -1.98. The van der Waals surface area contributed by atoms with Gasteiger partial charge in [-0.3, -0.25) is 14.4 Å². The third-order valence-electron chi connectivity index (χ3n) is 9.13. The lowest BCUT2D eigenvalue weighted by atomic mass is 9.62. The number of para-hydroxylation sites is 1. The van der Waals surface area contributed by atoms with Crippen LogP contribution in [-0.4, -0.2) is 28.4 Å². The maximum Gasteiger partial charge on any atom is 0.238 e. The largest absolute Gasteiger partial charge is 0.358 e. The number of ketones is 2. The molecule has 1 N–H and O–H groups in total. The molecule has 0 radical (unpaired) electrons. The molecule has 4 aromatic rings. The van der Waals surface area contributed by atoms with Gasteiger partial charge in [0.15, 0.2) is 11.6 Å². The number of halogens is 1. The van der Waals surface area contributed by atoms with Gasteiger partial charge in [0.05, 0.1) is 12.0 Å². The fourth-order valence-corrected chi connectivity index (χ4v) is 7.41. The Kier molecular flexibility index (Phi) is 6.38. The number of anilines is 1. The highest BCUT2D eigenvalue weighted by Gasteiger charge is 2.70. The van der Waals surface area contributed by atoms with E-state index in [0.717, 1.165) is 23.1 Å². The Morgan fingerprint density at radius 3 is 2.26 bits per heavy atom. The number of hydrogen-bond donors (Lipinski definition) is 1. The van der Waals surface area contributed by atoms with Crippen molar-refractivity contribution in [2.75, 3.05) is 5.32 Å². The van der Waals surface area contributed by atoms with E-state index in [1.54, 1.807) is 0 Å². The molecule has 1 fully saturated rings. The summed E-state index contributed by atoms with van der Waals surface area (Å²) in [4.78, 5) is 45.8. The van der Waals surface area contributed by atoms with Gasteiger partial charge in [-0.1, -0.05) is 80.6 Å². The van der Waals surface area contributed by atoms with Crippen molar-refractivity contribution in [2.24, 2.45) is 11.8 Å². The second-order valence-corrected chi connectivity index (χ2v) is 12.1. The molecule has 1 amide bonds. The van der Waals surface area contributed by atoms with E-state index < -0.39 is 29.2 Å². The number of amides is 1. The highest BCUT2D eigenvalue weighted by molar-refractivity contribution is 6.16. The van der Waals surface area contributed by atoms with Crippen LogP contribution >= 0.6 is 0 Å². The van der Waals surface area contributed by atoms with Crippen LogP contribution in [0.4, 0.5) is 10.1 Å². The highest BCUT2D eigenvalue weighted by atomic mass is 19.1. The van der Waals surface area contributed by atoms with E-state index in [-0.39, 0.29) is 23.0 Å². The van der Waals surface area contributed by atoms with Gasteiger partial charge in [-0.25, -0.2) is 4.39 Å². The Bertz CT molecular complexity index is 1790. The molecule has 5 nitrogen and oxygen atoms in total. The van der Waals surface area contributed by atoms with E-state index in [1.807, 2.05) is 90.0 Å². The van der Waals surface area contributed by atoms with Crippen molar-refractivity contribution in [2.45, 2.75) is 37.8 Å². The zero-order valence-electron chi connectivity index (χ0n) is 24.0. The first-order valence-corrected chi connectivity index (χ1v) is 14.7. The van der Waals surface area contributed by atoms with Crippen molar-refractivity contribution < 1.29 is 18.8 Å². The van der Waals surface area contributed by atoms with Crippen LogP contribution in [0.5, 0.6) is 0 Å². The van der Waals surface area contributed by atoms with Crippen LogP contribution < -0.4 is 5.32 Å². The molecule has 0 saturated carbocycles. The molecule has 7 rings (SSSR count). The fourth-order valence-electron chi connectivity index (χ4n) is 7.41. The fraction of sp³-hybridized carbons (Fsp3) is 0.216. The minimum atomic E-state index is -1.40. The summed E-state index contributed by atoms with van der Waals surface area (Å²) in [6, 6.07) is 26.6. The predicted octanol–water partition coefficient (Wildman–Crippen LogP) is 7.01. The summed E-state index contributed by atoms with van der Waals surface area (Å²) < 4.78 is 13.9. The standard InChI is InChI=1S/C37H31FN2O3/c1-22(2)21-23-11-13-25(14-12-23)33(41)31-32(34(42)26-15-17-27(38)18-16-26)40-20-19-24-7-3-4-8-28(24)35(40)37(31)29-9-5-6-10-30(29)39-36(37)43/h3-20,22,31-32,35H,21H2,1-2H3,(H,39,43)/t31-,32-,35-,37-/m1/s1. The molecule has 4 atom stereocenters. The Morgan fingerprint density at radius 2 is 1.51 bits per heavy atom. The van der Waals surface area contributed by atoms with Crippen LogP contribution in [0.25, 0.3) is 6.08 Å². The monoisotopic (exact) mass is 570 g/mol. The number of rotatable bonds is 6. The molecule has 0 aromatic heterocycles. The van der Waals surface area contributed by atoms with E-state index in [0.29, 0.717) is 22.7 Å². The van der Waals surface area contributed by atoms with Crippen LogP contribution in [0.1, 0.15) is 62.9 Å². The zero-order valence-corrected chi connectivity index (χ0v) is 24.0. The first kappa shape index (κ1) is 27.0. The topological polar surface area (TPSA) is 66.5 Å². The van der Waals surface area contributed by atoms with Crippen molar-refractivity contribution in [3.05, 3.63) is 142 Å². The molecule has 3 heterocycles. The van der Waals surface area contributed by atoms with Crippen molar-refractivity contribution in [3.63, 3.8) is 0 Å². The van der Waals surface area contributed by atoms with Crippen LogP contribution in [-0.2, 0) is 16.6 Å². The summed E-state index contributed by atoms with van der Waals surface area (Å²) in [6.07, 6.45) is 4.64. The van der Waals surface area contributed by atoms with Crippen LogP contribution in [0, 0.1) is 17.7 Å². The molecule has 43 heavy (non-hydrogen) atoms. The number of carbonyl (C=O) groups is 3. The Morgan fingerprint density at radius 1 is 0.860 bits per heavy atom. The first-order chi connectivity index (χ1) is 20.8. The molecule has 6 heteroatoms. The van der Waals surface area contributed by atoms with E-state index in [1.165, 1.54) is 24.3 Å². The number of hydrogen-bond acceptors (Lipinski definition) is 4. The van der Waals surface area contributed by atoms with Gasteiger partial charge in [-0.15, -0.1) is 0 Å². The van der Waals surface area contributed by atoms with Gasteiger partial charge < -0.3 is 10.2 Å². The zero-order chi connectivity index (χ0) is 29.9. The van der Waals surface area contributed by atoms with Gasteiger partial charge in [0.25, 0.3) is 0 Å². The molecular formula is C37H31FN2O3. The maximum atomic E-state index is 14.9. The number of benzene rings is 4. The molecule has 1 saturated heterocycles. The highest BCUT2D eigenvalue weighted by Crippen LogP contribution is 2.62. The number of nitrogens with zero attached hydrogens (tertiary/aromatic N) is 1. The number of nitrogens with one attached hydrogen (secondary N) is 1. The van der Waals surface area contributed by atoms with Crippen molar-refractivity contribution in [3.8, 4) is 0 Å². The van der Waals surface area contributed by atoms with Gasteiger partial charge in [-0.2, -0.15) is 0 Å². The molecule has 4 aromatic carbocycles. The maximum absolute atomic E-state index is 14.9. The molecule has 3 aliphatic rings. The van der Waals surface area contributed by atoms with E-state index in [4.69, 9.17) is 0 Å². The Hall–Kier alpha value is -4.84. The number of fused-ring (bicyclic) bond motifs is 6. The summed E-state index contributed by atoms with van der Waals surface area (Å²) >= 11 is 0. The van der Waals surface area contributed by atoms with Crippen LogP contribution in [0.2, 0.25) is 0 Å². The van der Waals surface area contributed by atoms with Gasteiger partial charge in [0.1, 0.15) is 17.3 Å². The molecule has 1 spiro atoms. The molecule has 3 aliphatic heterocycles. The molecule has 0 bridgehead atoms. The SMILES string of the molecule is CC(C)Cc1ccc(C(=O)[C@H]2[C@H](C(=O)c3ccc(F)cc3)N3C=Cc4ccccc4[C@@H]3[C@]23C(=O)Nc2ccccc23)cc1. The van der Waals surface area contributed by atoms with Gasteiger partial charge >= 0.3 is 0 Å². The minimum absolute atomic E-state index is 0.274.